The zero-order chi connectivity index (χ0) is 23.5. The van der Waals surface area contributed by atoms with Crippen molar-refractivity contribution in [3.8, 4) is 0 Å². The second-order valence-electron chi connectivity index (χ2n) is 7.94. The van der Waals surface area contributed by atoms with E-state index in [4.69, 9.17) is 9.15 Å². The Balaban J connectivity index is 1.54. The lowest BCUT2D eigenvalue weighted by Crippen LogP contribution is -2.37. The van der Waals surface area contributed by atoms with Gasteiger partial charge in [0.2, 0.25) is 5.91 Å². The van der Waals surface area contributed by atoms with Crippen LogP contribution < -0.4 is 5.32 Å². The summed E-state index contributed by atoms with van der Waals surface area (Å²) in [7, 11) is 1.59. The Morgan fingerprint density at radius 1 is 0.970 bits per heavy atom. The number of amides is 2. The molecule has 6 nitrogen and oxygen atoms in total. The van der Waals surface area contributed by atoms with Crippen molar-refractivity contribution < 1.29 is 18.7 Å². The fourth-order valence-electron chi connectivity index (χ4n) is 3.87. The van der Waals surface area contributed by atoms with Crippen LogP contribution in [0.2, 0.25) is 0 Å². The quantitative estimate of drug-likeness (QED) is 0.446. The second kappa shape index (κ2) is 12.6. The summed E-state index contributed by atoms with van der Waals surface area (Å²) in [6.45, 7) is 3.45. The van der Waals surface area contributed by atoms with Crippen LogP contribution >= 0.6 is 0 Å². The van der Waals surface area contributed by atoms with E-state index in [1.807, 2.05) is 36.4 Å². The van der Waals surface area contributed by atoms with Crippen LogP contribution in [0.1, 0.15) is 46.0 Å². The van der Waals surface area contributed by atoms with Gasteiger partial charge < -0.3 is 19.4 Å². The van der Waals surface area contributed by atoms with Crippen molar-refractivity contribution in [2.45, 2.75) is 25.7 Å². The van der Waals surface area contributed by atoms with Crippen molar-refractivity contribution in [1.82, 2.24) is 10.2 Å². The van der Waals surface area contributed by atoms with Gasteiger partial charge in [-0.1, -0.05) is 60.7 Å². The Kier molecular flexibility index (Phi) is 9.27. The van der Waals surface area contributed by atoms with Gasteiger partial charge in [-0.05, 0) is 30.5 Å². The van der Waals surface area contributed by atoms with Crippen LogP contribution in [-0.4, -0.2) is 50.1 Å². The summed E-state index contributed by atoms with van der Waals surface area (Å²) in [5.41, 5.74) is 2.97. The molecule has 0 spiro atoms. The molecule has 1 heterocycles. The highest BCUT2D eigenvalue weighted by molar-refractivity contribution is 5.95. The molecule has 0 bridgehead atoms. The maximum absolute atomic E-state index is 12.8. The van der Waals surface area contributed by atoms with Crippen LogP contribution in [0.3, 0.4) is 0 Å². The molecular weight excluding hydrogens is 416 g/mol. The number of hydrogen-bond acceptors (Lipinski definition) is 4. The first-order valence-electron chi connectivity index (χ1n) is 11.3. The minimum Gasteiger partial charge on any atom is -0.469 e. The van der Waals surface area contributed by atoms with Crippen molar-refractivity contribution in [2.24, 2.45) is 0 Å². The lowest BCUT2D eigenvalue weighted by molar-refractivity contribution is -0.121. The molecule has 0 aliphatic carbocycles. The third-order valence-corrected chi connectivity index (χ3v) is 5.71. The monoisotopic (exact) mass is 448 g/mol. The number of furan rings is 1. The Hall–Kier alpha value is -3.38. The number of carbonyl (C=O) groups excluding carboxylic acids is 2. The van der Waals surface area contributed by atoms with Crippen LogP contribution in [0.15, 0.2) is 77.4 Å². The third-order valence-electron chi connectivity index (χ3n) is 5.71. The highest BCUT2D eigenvalue weighted by Crippen LogP contribution is 2.27. The Morgan fingerprint density at radius 2 is 1.61 bits per heavy atom. The maximum atomic E-state index is 12.8. The van der Waals surface area contributed by atoms with Crippen LogP contribution in [0, 0.1) is 6.92 Å². The van der Waals surface area contributed by atoms with Gasteiger partial charge in [-0.15, -0.1) is 0 Å². The van der Waals surface area contributed by atoms with Gasteiger partial charge in [0.1, 0.15) is 5.76 Å². The Bertz CT molecular complexity index is 962. The molecule has 0 fully saturated rings. The van der Waals surface area contributed by atoms with Crippen molar-refractivity contribution in [3.63, 3.8) is 0 Å². The SMILES string of the molecule is COCCN(CCC(=O)NCCC(c1ccccc1)c1ccccc1)C(=O)c1ccoc1C. The fourth-order valence-corrected chi connectivity index (χ4v) is 3.87. The van der Waals surface area contributed by atoms with Gasteiger partial charge in [0.25, 0.3) is 5.91 Å². The van der Waals surface area contributed by atoms with E-state index in [0.29, 0.717) is 37.6 Å². The number of nitrogens with one attached hydrogen (secondary N) is 1. The molecule has 0 saturated carbocycles. The molecule has 3 rings (SSSR count). The molecule has 0 aliphatic heterocycles. The zero-order valence-corrected chi connectivity index (χ0v) is 19.3. The molecule has 0 saturated heterocycles. The van der Waals surface area contributed by atoms with Crippen LogP contribution in [0.5, 0.6) is 0 Å². The minimum atomic E-state index is -0.153. The Labute approximate surface area is 195 Å². The third kappa shape index (κ3) is 7.05. The van der Waals surface area contributed by atoms with Gasteiger partial charge in [0.05, 0.1) is 18.4 Å². The smallest absolute Gasteiger partial charge is 0.257 e. The molecule has 6 heteroatoms. The van der Waals surface area contributed by atoms with Crippen molar-refractivity contribution in [3.05, 3.63) is 95.4 Å². The van der Waals surface area contributed by atoms with Crippen LogP contribution in [-0.2, 0) is 9.53 Å². The van der Waals surface area contributed by atoms with Gasteiger partial charge in [0.15, 0.2) is 0 Å². The average molecular weight is 449 g/mol. The highest BCUT2D eigenvalue weighted by Gasteiger charge is 2.20. The zero-order valence-electron chi connectivity index (χ0n) is 19.3. The molecule has 0 atom stereocenters. The molecule has 3 aromatic rings. The molecule has 0 radical (unpaired) electrons. The van der Waals surface area contributed by atoms with Gasteiger partial charge in [-0.2, -0.15) is 0 Å². The summed E-state index contributed by atoms with van der Waals surface area (Å²) >= 11 is 0. The summed E-state index contributed by atoms with van der Waals surface area (Å²) < 4.78 is 10.4. The molecule has 2 aromatic carbocycles. The Morgan fingerprint density at radius 3 is 2.15 bits per heavy atom. The summed E-state index contributed by atoms with van der Waals surface area (Å²) in [4.78, 5) is 27.0. The molecule has 0 aliphatic rings. The largest absolute Gasteiger partial charge is 0.469 e. The molecule has 1 N–H and O–H groups in total. The lowest BCUT2D eigenvalue weighted by Gasteiger charge is -2.22. The topological polar surface area (TPSA) is 71.8 Å². The van der Waals surface area contributed by atoms with E-state index in [0.717, 1.165) is 6.42 Å². The molecule has 174 valence electrons. The van der Waals surface area contributed by atoms with E-state index in [1.165, 1.54) is 17.4 Å². The maximum Gasteiger partial charge on any atom is 0.257 e. The minimum absolute atomic E-state index is 0.0750. The number of hydrogen-bond donors (Lipinski definition) is 1. The highest BCUT2D eigenvalue weighted by atomic mass is 16.5. The summed E-state index contributed by atoms with van der Waals surface area (Å²) in [5, 5.41) is 3.02. The summed E-state index contributed by atoms with van der Waals surface area (Å²) in [6, 6.07) is 22.3. The van der Waals surface area contributed by atoms with E-state index in [1.54, 1.807) is 25.0 Å². The predicted molar refractivity (Wildman–Crippen MR) is 128 cm³/mol. The standard InChI is InChI=1S/C27H32N2O4/c1-21-24(15-19-33-21)27(31)29(18-20-32-2)17-14-26(30)28-16-13-25(22-9-5-3-6-10-22)23-11-7-4-8-12-23/h3-12,15,19,25H,13-14,16-18,20H2,1-2H3,(H,28,30). The molecule has 0 unspecified atom stereocenters. The van der Waals surface area contributed by atoms with Gasteiger partial charge >= 0.3 is 0 Å². The number of rotatable bonds is 12. The summed E-state index contributed by atoms with van der Waals surface area (Å²) in [6.07, 6.45) is 2.52. The van der Waals surface area contributed by atoms with E-state index in [-0.39, 0.29) is 24.2 Å². The van der Waals surface area contributed by atoms with Crippen LogP contribution in [0.4, 0.5) is 0 Å². The number of benzene rings is 2. The van der Waals surface area contributed by atoms with E-state index < -0.39 is 0 Å². The van der Waals surface area contributed by atoms with Crippen molar-refractivity contribution >= 4 is 11.8 Å². The summed E-state index contributed by atoms with van der Waals surface area (Å²) in [5.74, 6) is 0.546. The fraction of sp³-hybridized carbons (Fsp3) is 0.333. The number of aryl methyl sites for hydroxylation is 1. The van der Waals surface area contributed by atoms with Crippen molar-refractivity contribution in [1.29, 1.82) is 0 Å². The molecule has 33 heavy (non-hydrogen) atoms. The number of ether oxygens (including phenoxy) is 1. The number of nitrogens with zero attached hydrogens (tertiary/aromatic N) is 1. The predicted octanol–water partition coefficient (Wildman–Crippen LogP) is 4.41. The molecule has 2 amide bonds. The van der Waals surface area contributed by atoms with Gasteiger partial charge in [-0.25, -0.2) is 0 Å². The van der Waals surface area contributed by atoms with E-state index in [2.05, 4.69) is 29.6 Å². The van der Waals surface area contributed by atoms with Gasteiger partial charge in [-0.3, -0.25) is 9.59 Å². The van der Waals surface area contributed by atoms with E-state index in [9.17, 15) is 9.59 Å². The second-order valence-corrected chi connectivity index (χ2v) is 7.94. The molecular formula is C27H32N2O4. The lowest BCUT2D eigenvalue weighted by atomic mass is 9.88. The average Bonchev–Trinajstić information content (AvgIpc) is 3.28. The first kappa shape index (κ1) is 24.3. The van der Waals surface area contributed by atoms with E-state index >= 15 is 0 Å². The number of carbonyl (C=O) groups is 2. The normalized spacial score (nSPS) is 10.9. The van der Waals surface area contributed by atoms with Crippen LogP contribution in [0.25, 0.3) is 0 Å². The van der Waals surface area contributed by atoms with Crippen molar-refractivity contribution in [2.75, 3.05) is 33.4 Å². The first-order chi connectivity index (χ1) is 16.1. The number of methoxy groups -OCH3 is 1. The first-order valence-corrected chi connectivity index (χ1v) is 11.3. The van der Waals surface area contributed by atoms with Gasteiger partial charge in [0, 0.05) is 39.1 Å². The molecule has 1 aromatic heterocycles.